The van der Waals surface area contributed by atoms with Crippen molar-refractivity contribution in [2.75, 3.05) is 25.0 Å². The molecule has 0 aromatic heterocycles. The quantitative estimate of drug-likeness (QED) is 0.776. The Morgan fingerprint density at radius 3 is 2.50 bits per heavy atom. The predicted octanol–water partition coefficient (Wildman–Crippen LogP) is 3.45. The zero-order valence-electron chi connectivity index (χ0n) is 15.5. The summed E-state index contributed by atoms with van der Waals surface area (Å²) in [4.78, 5) is 26.5. The minimum Gasteiger partial charge on any atom is -0.352 e. The lowest BCUT2D eigenvalue weighted by Crippen LogP contribution is -2.43. The van der Waals surface area contributed by atoms with Crippen LogP contribution in [0, 0.1) is 11.7 Å². The van der Waals surface area contributed by atoms with Gasteiger partial charge in [0.05, 0.1) is 11.6 Å². The first-order valence-electron chi connectivity index (χ1n) is 9.30. The van der Waals surface area contributed by atoms with Crippen molar-refractivity contribution in [3.63, 3.8) is 0 Å². The van der Waals surface area contributed by atoms with Gasteiger partial charge in [-0.25, -0.2) is 4.39 Å². The van der Waals surface area contributed by atoms with Gasteiger partial charge in [0.1, 0.15) is 5.82 Å². The number of carbonyl (C=O) groups excluding carboxylic acids is 2. The average Bonchev–Trinajstić information content (AvgIpc) is 2.70. The molecule has 0 saturated carbocycles. The van der Waals surface area contributed by atoms with Crippen LogP contribution in [0.2, 0.25) is 5.02 Å². The predicted molar refractivity (Wildman–Crippen MR) is 107 cm³/mol. The summed E-state index contributed by atoms with van der Waals surface area (Å²) in [6.45, 7) is 2.12. The molecule has 1 aliphatic rings. The molecule has 2 aromatic carbocycles. The number of hydrogen-bond acceptors (Lipinski definition) is 3. The summed E-state index contributed by atoms with van der Waals surface area (Å²) in [5.41, 5.74) is 1.54. The zero-order chi connectivity index (χ0) is 19.9. The lowest BCUT2D eigenvalue weighted by Gasteiger charge is -2.30. The fourth-order valence-electron chi connectivity index (χ4n) is 3.26. The minimum absolute atomic E-state index is 0.0277. The molecule has 148 valence electrons. The van der Waals surface area contributed by atoms with Gasteiger partial charge in [-0.3, -0.25) is 14.5 Å². The van der Waals surface area contributed by atoms with E-state index >= 15 is 0 Å². The summed E-state index contributed by atoms with van der Waals surface area (Å²) in [7, 11) is 0. The maximum absolute atomic E-state index is 13.2. The molecule has 2 N–H and O–H groups in total. The normalized spacial score (nSPS) is 15.2. The standard InChI is InChI=1S/C21H23ClFN3O2/c22-18-12-17(6-7-19(18)23)25-20(27)14-26-10-8-16(9-11-26)21(28)24-13-15-4-2-1-3-5-15/h1-7,12,16H,8-11,13-14H2,(H,24,28)(H,25,27). The fraction of sp³-hybridized carbons (Fsp3) is 0.333. The van der Waals surface area contributed by atoms with Gasteiger partial charge in [-0.05, 0) is 49.7 Å². The van der Waals surface area contributed by atoms with Crippen molar-refractivity contribution < 1.29 is 14.0 Å². The molecule has 5 nitrogen and oxygen atoms in total. The maximum Gasteiger partial charge on any atom is 0.238 e. The van der Waals surface area contributed by atoms with E-state index in [0.717, 1.165) is 18.4 Å². The summed E-state index contributed by atoms with van der Waals surface area (Å²) in [6.07, 6.45) is 1.44. The zero-order valence-corrected chi connectivity index (χ0v) is 16.2. The Balaban J connectivity index is 1.40. The Hall–Kier alpha value is -2.44. The second-order valence-corrected chi connectivity index (χ2v) is 7.34. The number of halogens is 2. The molecule has 0 aliphatic carbocycles. The van der Waals surface area contributed by atoms with Crippen molar-refractivity contribution in [1.29, 1.82) is 0 Å². The Kier molecular flexibility index (Phi) is 7.01. The second-order valence-electron chi connectivity index (χ2n) is 6.93. The fourth-order valence-corrected chi connectivity index (χ4v) is 3.44. The van der Waals surface area contributed by atoms with Crippen LogP contribution in [0.1, 0.15) is 18.4 Å². The highest BCUT2D eigenvalue weighted by atomic mass is 35.5. The number of carbonyl (C=O) groups is 2. The third-order valence-electron chi connectivity index (χ3n) is 4.84. The summed E-state index contributed by atoms with van der Waals surface area (Å²) < 4.78 is 13.2. The van der Waals surface area contributed by atoms with Crippen LogP contribution >= 0.6 is 11.6 Å². The monoisotopic (exact) mass is 403 g/mol. The van der Waals surface area contributed by atoms with E-state index in [0.29, 0.717) is 25.3 Å². The SMILES string of the molecule is O=C(CN1CCC(C(=O)NCc2ccccc2)CC1)Nc1ccc(F)c(Cl)c1. The van der Waals surface area contributed by atoms with Crippen molar-refractivity contribution in [3.8, 4) is 0 Å². The van der Waals surface area contributed by atoms with Gasteiger partial charge in [-0.15, -0.1) is 0 Å². The van der Waals surface area contributed by atoms with E-state index in [2.05, 4.69) is 10.6 Å². The van der Waals surface area contributed by atoms with E-state index in [-0.39, 0.29) is 29.3 Å². The molecule has 3 rings (SSSR count). The van der Waals surface area contributed by atoms with Crippen molar-refractivity contribution in [1.82, 2.24) is 10.2 Å². The topological polar surface area (TPSA) is 61.4 Å². The summed E-state index contributed by atoms with van der Waals surface area (Å²) in [6, 6.07) is 13.9. The molecule has 0 atom stereocenters. The maximum atomic E-state index is 13.2. The van der Waals surface area contributed by atoms with Gasteiger partial charge in [0, 0.05) is 18.2 Å². The van der Waals surface area contributed by atoms with Crippen molar-refractivity contribution in [3.05, 3.63) is 64.9 Å². The van der Waals surface area contributed by atoms with E-state index in [9.17, 15) is 14.0 Å². The lowest BCUT2D eigenvalue weighted by molar-refractivity contribution is -0.126. The summed E-state index contributed by atoms with van der Waals surface area (Å²) in [5.74, 6) is -0.672. The molecule has 2 amide bonds. The molecule has 0 bridgehead atoms. The number of nitrogens with zero attached hydrogens (tertiary/aromatic N) is 1. The van der Waals surface area contributed by atoms with Gasteiger partial charge in [-0.2, -0.15) is 0 Å². The molecule has 1 heterocycles. The van der Waals surface area contributed by atoms with Crippen molar-refractivity contribution in [2.45, 2.75) is 19.4 Å². The van der Waals surface area contributed by atoms with Crippen molar-refractivity contribution in [2.24, 2.45) is 5.92 Å². The molecule has 1 aliphatic heterocycles. The van der Waals surface area contributed by atoms with Gasteiger partial charge >= 0.3 is 0 Å². The molecule has 2 aromatic rings. The van der Waals surface area contributed by atoms with E-state index in [1.807, 2.05) is 35.2 Å². The number of benzene rings is 2. The van der Waals surface area contributed by atoms with Crippen LogP contribution in [0.25, 0.3) is 0 Å². The van der Waals surface area contributed by atoms with E-state index in [1.54, 1.807) is 0 Å². The molecule has 0 spiro atoms. The third-order valence-corrected chi connectivity index (χ3v) is 5.13. The summed E-state index contributed by atoms with van der Waals surface area (Å²) >= 11 is 5.73. The highest BCUT2D eigenvalue weighted by Gasteiger charge is 2.25. The summed E-state index contributed by atoms with van der Waals surface area (Å²) in [5, 5.41) is 5.68. The van der Waals surface area contributed by atoms with Crippen LogP contribution in [0.4, 0.5) is 10.1 Å². The number of amides is 2. The average molecular weight is 404 g/mol. The van der Waals surface area contributed by atoms with Crippen LogP contribution in [0.5, 0.6) is 0 Å². The molecule has 0 unspecified atom stereocenters. The number of anilines is 1. The smallest absolute Gasteiger partial charge is 0.238 e. The number of likely N-dealkylation sites (tertiary alicyclic amines) is 1. The highest BCUT2D eigenvalue weighted by molar-refractivity contribution is 6.31. The molecule has 7 heteroatoms. The molecule has 1 saturated heterocycles. The van der Waals surface area contributed by atoms with Gasteiger partial charge in [0.2, 0.25) is 11.8 Å². The number of piperidine rings is 1. The Morgan fingerprint density at radius 1 is 1.11 bits per heavy atom. The lowest BCUT2D eigenvalue weighted by atomic mass is 9.96. The minimum atomic E-state index is -0.521. The van der Waals surface area contributed by atoms with Crippen LogP contribution in [-0.4, -0.2) is 36.3 Å². The number of hydrogen-bond donors (Lipinski definition) is 2. The Bertz CT molecular complexity index is 824. The van der Waals surface area contributed by atoms with Gasteiger partial charge in [0.15, 0.2) is 0 Å². The Morgan fingerprint density at radius 2 is 1.82 bits per heavy atom. The van der Waals surface area contributed by atoms with E-state index in [4.69, 9.17) is 11.6 Å². The van der Waals surface area contributed by atoms with Crippen LogP contribution in [0.15, 0.2) is 48.5 Å². The van der Waals surface area contributed by atoms with E-state index in [1.165, 1.54) is 18.2 Å². The van der Waals surface area contributed by atoms with Crippen LogP contribution in [0.3, 0.4) is 0 Å². The van der Waals surface area contributed by atoms with Crippen LogP contribution in [-0.2, 0) is 16.1 Å². The molecule has 28 heavy (non-hydrogen) atoms. The van der Waals surface area contributed by atoms with Crippen molar-refractivity contribution >= 4 is 29.1 Å². The largest absolute Gasteiger partial charge is 0.352 e. The first-order valence-corrected chi connectivity index (χ1v) is 9.68. The second kappa shape index (κ2) is 9.66. The van der Waals surface area contributed by atoms with Gasteiger partial charge < -0.3 is 10.6 Å². The third kappa shape index (κ3) is 5.78. The molecular weight excluding hydrogens is 381 g/mol. The van der Waals surface area contributed by atoms with Gasteiger partial charge in [0.25, 0.3) is 0 Å². The van der Waals surface area contributed by atoms with Crippen LogP contribution < -0.4 is 10.6 Å². The van der Waals surface area contributed by atoms with Gasteiger partial charge in [-0.1, -0.05) is 41.9 Å². The Labute approximate surface area is 168 Å². The molecule has 1 fully saturated rings. The first kappa shape index (κ1) is 20.3. The molecule has 0 radical (unpaired) electrons. The van der Waals surface area contributed by atoms with E-state index < -0.39 is 5.82 Å². The number of rotatable bonds is 6. The highest BCUT2D eigenvalue weighted by Crippen LogP contribution is 2.20. The number of nitrogens with one attached hydrogen (secondary N) is 2. The molecular formula is C21H23ClFN3O2. The first-order chi connectivity index (χ1) is 13.5.